The van der Waals surface area contributed by atoms with Crippen molar-refractivity contribution in [2.75, 3.05) is 32.0 Å². The molecule has 0 spiro atoms. The van der Waals surface area contributed by atoms with Crippen LogP contribution < -0.4 is 5.32 Å². The highest BCUT2D eigenvalue weighted by molar-refractivity contribution is 7.89. The molecule has 1 atom stereocenters. The smallest absolute Gasteiger partial charge is 0.245 e. The van der Waals surface area contributed by atoms with Gasteiger partial charge in [0.25, 0.3) is 0 Å². The molecule has 2 rings (SSSR count). The predicted octanol–water partition coefficient (Wildman–Crippen LogP) is 2.64. The summed E-state index contributed by atoms with van der Waals surface area (Å²) in [7, 11) is -1.37. The highest BCUT2D eigenvalue weighted by Crippen LogP contribution is 2.22. The lowest BCUT2D eigenvalue weighted by Crippen LogP contribution is -2.41. The Kier molecular flexibility index (Phi) is 6.82. The van der Waals surface area contributed by atoms with Gasteiger partial charge in [0.2, 0.25) is 10.0 Å². The molecule has 0 bridgehead atoms. The fraction of sp³-hybridized carbons (Fsp3) is 0.722. The van der Waals surface area contributed by atoms with Gasteiger partial charge in [-0.3, -0.25) is 0 Å². The van der Waals surface area contributed by atoms with E-state index in [1.807, 2.05) is 27.7 Å². The third kappa shape index (κ3) is 5.15. The maximum Gasteiger partial charge on any atom is 0.245 e. The van der Waals surface area contributed by atoms with Crippen molar-refractivity contribution in [2.24, 2.45) is 5.92 Å². The van der Waals surface area contributed by atoms with Gasteiger partial charge in [0, 0.05) is 31.4 Å². The van der Waals surface area contributed by atoms with Gasteiger partial charge in [-0.15, -0.1) is 0 Å². The van der Waals surface area contributed by atoms with E-state index in [-0.39, 0.29) is 17.0 Å². The van der Waals surface area contributed by atoms with Crippen LogP contribution in [0.15, 0.2) is 23.2 Å². The average Bonchev–Trinajstić information content (AvgIpc) is 2.52. The summed E-state index contributed by atoms with van der Waals surface area (Å²) in [6.45, 7) is 10.7. The van der Waals surface area contributed by atoms with Crippen molar-refractivity contribution in [2.45, 2.75) is 57.5 Å². The van der Waals surface area contributed by atoms with Crippen LogP contribution in [0, 0.1) is 5.92 Å². The highest BCUT2D eigenvalue weighted by Gasteiger charge is 2.29. The number of likely N-dealkylation sites (tertiary alicyclic amines) is 1. The van der Waals surface area contributed by atoms with E-state index in [1.165, 1.54) is 29.9 Å². The SMILES string of the molecule is CC(C)N(C(C)C)S(=O)(=O)c1ccc(NCC2CCCN(C)C2)nc1. The zero-order chi connectivity index (χ0) is 18.6. The molecule has 1 aliphatic heterocycles. The second-order valence-electron chi connectivity index (χ2n) is 7.55. The lowest BCUT2D eigenvalue weighted by atomic mass is 9.98. The molecule has 0 radical (unpaired) electrons. The van der Waals surface area contributed by atoms with E-state index in [0.717, 1.165) is 18.9 Å². The van der Waals surface area contributed by atoms with Crippen molar-refractivity contribution < 1.29 is 8.42 Å². The third-order valence-corrected chi connectivity index (χ3v) is 6.86. The van der Waals surface area contributed by atoms with Crippen molar-refractivity contribution in [1.82, 2.24) is 14.2 Å². The molecule has 1 aliphatic rings. The number of pyridine rings is 1. The Balaban J connectivity index is 2.03. The molecule has 1 aromatic rings. The van der Waals surface area contributed by atoms with E-state index < -0.39 is 10.0 Å². The largest absolute Gasteiger partial charge is 0.370 e. The van der Waals surface area contributed by atoms with Gasteiger partial charge in [-0.1, -0.05) is 0 Å². The lowest BCUT2D eigenvalue weighted by molar-refractivity contribution is 0.217. The molecular formula is C18H32N4O2S. The Bertz CT molecular complexity index is 636. The Morgan fingerprint density at radius 2 is 1.96 bits per heavy atom. The summed E-state index contributed by atoms with van der Waals surface area (Å²) in [4.78, 5) is 6.92. The minimum atomic E-state index is -3.52. The van der Waals surface area contributed by atoms with Crippen molar-refractivity contribution in [3.63, 3.8) is 0 Å². The van der Waals surface area contributed by atoms with Crippen LogP contribution in [-0.4, -0.2) is 61.4 Å². The molecule has 0 aliphatic carbocycles. The van der Waals surface area contributed by atoms with Crippen LogP contribution in [0.1, 0.15) is 40.5 Å². The van der Waals surface area contributed by atoms with Crippen LogP contribution >= 0.6 is 0 Å². The van der Waals surface area contributed by atoms with Crippen molar-refractivity contribution >= 4 is 15.8 Å². The number of hydrogen-bond acceptors (Lipinski definition) is 5. The normalized spacial score (nSPS) is 19.8. The van der Waals surface area contributed by atoms with E-state index in [4.69, 9.17) is 0 Å². The maximum atomic E-state index is 12.8. The van der Waals surface area contributed by atoms with Gasteiger partial charge in [-0.05, 0) is 72.2 Å². The van der Waals surface area contributed by atoms with Crippen molar-refractivity contribution in [1.29, 1.82) is 0 Å². The second kappa shape index (κ2) is 8.47. The lowest BCUT2D eigenvalue weighted by Gasteiger charge is -2.30. The minimum Gasteiger partial charge on any atom is -0.370 e. The van der Waals surface area contributed by atoms with E-state index in [2.05, 4.69) is 22.2 Å². The van der Waals surface area contributed by atoms with E-state index in [1.54, 1.807) is 12.1 Å². The first kappa shape index (κ1) is 20.1. The van der Waals surface area contributed by atoms with E-state index >= 15 is 0 Å². The van der Waals surface area contributed by atoms with E-state index in [9.17, 15) is 8.42 Å². The maximum absolute atomic E-state index is 12.8. The van der Waals surface area contributed by atoms with Gasteiger partial charge in [0.1, 0.15) is 10.7 Å². The monoisotopic (exact) mass is 368 g/mol. The molecule has 0 saturated carbocycles. The van der Waals surface area contributed by atoms with Crippen LogP contribution in [0.4, 0.5) is 5.82 Å². The number of sulfonamides is 1. The topological polar surface area (TPSA) is 65.5 Å². The number of hydrogen-bond donors (Lipinski definition) is 1. The fourth-order valence-corrected chi connectivity index (χ4v) is 5.38. The first-order valence-electron chi connectivity index (χ1n) is 9.13. The van der Waals surface area contributed by atoms with Crippen molar-refractivity contribution in [3.8, 4) is 0 Å². The molecule has 25 heavy (non-hydrogen) atoms. The molecule has 1 fully saturated rings. The van der Waals surface area contributed by atoms with E-state index in [0.29, 0.717) is 5.92 Å². The summed E-state index contributed by atoms with van der Waals surface area (Å²) in [5.41, 5.74) is 0. The Morgan fingerprint density at radius 1 is 1.28 bits per heavy atom. The quantitative estimate of drug-likeness (QED) is 0.801. The fourth-order valence-electron chi connectivity index (χ4n) is 3.60. The molecule has 1 unspecified atom stereocenters. The van der Waals surface area contributed by atoms with Gasteiger partial charge in [-0.2, -0.15) is 4.31 Å². The summed E-state index contributed by atoms with van der Waals surface area (Å²) in [5.74, 6) is 1.34. The average molecular weight is 369 g/mol. The molecule has 6 nitrogen and oxygen atoms in total. The molecule has 1 N–H and O–H groups in total. The molecule has 0 aromatic carbocycles. The summed E-state index contributed by atoms with van der Waals surface area (Å²) >= 11 is 0. The zero-order valence-electron chi connectivity index (χ0n) is 16.1. The Morgan fingerprint density at radius 3 is 2.48 bits per heavy atom. The number of aromatic nitrogens is 1. The number of nitrogens with one attached hydrogen (secondary N) is 1. The minimum absolute atomic E-state index is 0.0916. The number of piperidine rings is 1. The summed E-state index contributed by atoms with van der Waals surface area (Å²) in [5, 5.41) is 3.34. The third-order valence-electron chi connectivity index (χ3n) is 4.62. The Labute approximate surface area is 152 Å². The highest BCUT2D eigenvalue weighted by atomic mass is 32.2. The second-order valence-corrected chi connectivity index (χ2v) is 9.40. The van der Waals surface area contributed by atoms with Gasteiger partial charge >= 0.3 is 0 Å². The molecule has 1 aromatic heterocycles. The molecule has 0 amide bonds. The van der Waals surface area contributed by atoms with Gasteiger partial charge in [0.15, 0.2) is 0 Å². The van der Waals surface area contributed by atoms with Crippen LogP contribution in [0.25, 0.3) is 0 Å². The van der Waals surface area contributed by atoms with Crippen LogP contribution in [0.5, 0.6) is 0 Å². The van der Waals surface area contributed by atoms with Crippen LogP contribution in [0.3, 0.4) is 0 Å². The number of rotatable bonds is 7. The number of anilines is 1. The molecular weight excluding hydrogens is 336 g/mol. The number of nitrogens with zero attached hydrogens (tertiary/aromatic N) is 3. The first-order valence-corrected chi connectivity index (χ1v) is 10.6. The van der Waals surface area contributed by atoms with Gasteiger partial charge < -0.3 is 10.2 Å². The molecule has 2 heterocycles. The van der Waals surface area contributed by atoms with Crippen LogP contribution in [0.2, 0.25) is 0 Å². The standard InChI is InChI=1S/C18H32N4O2S/c1-14(2)22(15(3)4)25(23,24)17-8-9-18(20-12-17)19-11-16-7-6-10-21(5)13-16/h8-9,12,14-16H,6-7,10-11,13H2,1-5H3,(H,19,20). The summed E-state index contributed by atoms with van der Waals surface area (Å²) in [6, 6.07) is 3.23. The zero-order valence-corrected chi connectivity index (χ0v) is 16.9. The predicted molar refractivity (Wildman–Crippen MR) is 102 cm³/mol. The van der Waals surface area contributed by atoms with Crippen LogP contribution in [-0.2, 0) is 10.0 Å². The van der Waals surface area contributed by atoms with Crippen molar-refractivity contribution in [3.05, 3.63) is 18.3 Å². The molecule has 1 saturated heterocycles. The first-order chi connectivity index (χ1) is 11.7. The molecule has 142 valence electrons. The summed E-state index contributed by atoms with van der Waals surface area (Å²) in [6.07, 6.45) is 3.91. The Hall–Kier alpha value is -1.18. The van der Waals surface area contributed by atoms with Gasteiger partial charge in [0.05, 0.1) is 0 Å². The summed E-state index contributed by atoms with van der Waals surface area (Å²) < 4.78 is 27.2. The molecule has 7 heteroatoms. The van der Waals surface area contributed by atoms with Gasteiger partial charge in [-0.25, -0.2) is 13.4 Å².